The average Bonchev–Trinajstić information content (AvgIpc) is 2.27. The van der Waals surface area contributed by atoms with E-state index in [-0.39, 0.29) is 11.8 Å². The summed E-state index contributed by atoms with van der Waals surface area (Å²) < 4.78 is 0. The molecule has 3 N–H and O–H groups in total. The summed E-state index contributed by atoms with van der Waals surface area (Å²) in [5.41, 5.74) is 6.23. The highest BCUT2D eigenvalue weighted by Crippen LogP contribution is 2.19. The predicted octanol–water partition coefficient (Wildman–Crippen LogP) is 0.903. The van der Waals surface area contributed by atoms with Gasteiger partial charge in [0.25, 0.3) is 0 Å². The number of carbonyl (C=O) groups is 1. The molecule has 1 fully saturated rings. The Balaban J connectivity index is 2.49. The first-order valence-electron chi connectivity index (χ1n) is 5.00. The Morgan fingerprint density at radius 2 is 2.00 bits per heavy atom. The molecule has 0 bridgehead atoms. The zero-order chi connectivity index (χ0) is 11.4. The van der Waals surface area contributed by atoms with Crippen molar-refractivity contribution in [2.45, 2.75) is 12.8 Å². The average molecular weight is 207 g/mol. The van der Waals surface area contributed by atoms with E-state index in [1.807, 2.05) is 0 Å². The van der Waals surface area contributed by atoms with Gasteiger partial charge in [-0.3, -0.25) is 4.79 Å². The number of rotatable bonds is 3. The quantitative estimate of drug-likeness (QED) is 0.533. The fourth-order valence-corrected chi connectivity index (χ4v) is 1.78. The van der Waals surface area contributed by atoms with Gasteiger partial charge >= 0.3 is 0 Å². The molecule has 0 saturated carbocycles. The molecule has 0 aromatic heterocycles. The molecule has 1 amide bonds. The number of nitrogens with one attached hydrogen (secondary N) is 1. The van der Waals surface area contributed by atoms with Gasteiger partial charge in [0.1, 0.15) is 0 Å². The lowest BCUT2D eigenvalue weighted by molar-refractivity contribution is -0.127. The lowest BCUT2D eigenvalue weighted by atomic mass is 9.90. The smallest absolute Gasteiger partial charge is 0.245 e. The Bertz CT molecular complexity index is 301. The Morgan fingerprint density at radius 1 is 1.47 bits per heavy atom. The summed E-state index contributed by atoms with van der Waals surface area (Å²) >= 11 is 0. The monoisotopic (exact) mass is 207 g/mol. The van der Waals surface area contributed by atoms with E-state index in [0.29, 0.717) is 24.5 Å². The molecule has 15 heavy (non-hydrogen) atoms. The molecule has 0 aromatic carbocycles. The zero-order valence-electron chi connectivity index (χ0n) is 8.83. The molecule has 0 spiro atoms. The highest BCUT2D eigenvalue weighted by molar-refractivity contribution is 5.98. The number of likely N-dealkylation sites (tertiary alicyclic amines) is 1. The van der Waals surface area contributed by atoms with Crippen LogP contribution in [0.15, 0.2) is 24.9 Å². The lowest BCUT2D eigenvalue weighted by Gasteiger charge is -2.31. The Labute approximate surface area is 90.0 Å². The molecule has 4 nitrogen and oxygen atoms in total. The summed E-state index contributed by atoms with van der Waals surface area (Å²) in [4.78, 5) is 13.0. The van der Waals surface area contributed by atoms with Gasteiger partial charge < -0.3 is 16.0 Å². The summed E-state index contributed by atoms with van der Waals surface area (Å²) in [6.45, 7) is 8.35. The second kappa shape index (κ2) is 4.77. The summed E-state index contributed by atoms with van der Waals surface area (Å²) in [5, 5.41) is 7.71. The van der Waals surface area contributed by atoms with Gasteiger partial charge in [0, 0.05) is 24.7 Å². The Kier molecular flexibility index (Phi) is 3.66. The third-order valence-corrected chi connectivity index (χ3v) is 2.74. The van der Waals surface area contributed by atoms with Gasteiger partial charge in [-0.1, -0.05) is 13.2 Å². The van der Waals surface area contributed by atoms with Crippen LogP contribution in [0.4, 0.5) is 0 Å². The molecule has 82 valence electrons. The number of allylic oxidation sites excluding steroid dienone is 1. The van der Waals surface area contributed by atoms with E-state index in [4.69, 9.17) is 11.1 Å². The first kappa shape index (κ1) is 11.5. The van der Waals surface area contributed by atoms with Crippen LogP contribution in [0.2, 0.25) is 0 Å². The Morgan fingerprint density at radius 3 is 2.40 bits per heavy atom. The molecule has 4 heteroatoms. The van der Waals surface area contributed by atoms with Crippen molar-refractivity contribution < 1.29 is 4.79 Å². The fourth-order valence-electron chi connectivity index (χ4n) is 1.78. The molecule has 1 aliphatic rings. The molecule has 1 aliphatic heterocycles. The van der Waals surface area contributed by atoms with Gasteiger partial charge in [-0.2, -0.15) is 0 Å². The van der Waals surface area contributed by atoms with Crippen LogP contribution in [0.1, 0.15) is 12.8 Å². The maximum absolute atomic E-state index is 11.3. The van der Waals surface area contributed by atoms with Gasteiger partial charge in [-0.25, -0.2) is 0 Å². The maximum atomic E-state index is 11.3. The van der Waals surface area contributed by atoms with Gasteiger partial charge in [0.2, 0.25) is 5.91 Å². The molecule has 1 heterocycles. The maximum Gasteiger partial charge on any atom is 0.245 e. The van der Waals surface area contributed by atoms with Crippen molar-refractivity contribution in [3.05, 3.63) is 24.9 Å². The molecule has 0 atom stereocenters. The number of hydrogen-bond donors (Lipinski definition) is 2. The first-order chi connectivity index (χ1) is 7.06. The second-order valence-electron chi connectivity index (χ2n) is 3.74. The molecular formula is C11H17N3O. The van der Waals surface area contributed by atoms with Crippen molar-refractivity contribution in [3.8, 4) is 0 Å². The van der Waals surface area contributed by atoms with Crippen molar-refractivity contribution in [1.29, 1.82) is 5.41 Å². The summed E-state index contributed by atoms with van der Waals surface area (Å²) in [6, 6.07) is 0. The van der Waals surface area contributed by atoms with Crippen LogP contribution in [0.5, 0.6) is 0 Å². The van der Waals surface area contributed by atoms with Gasteiger partial charge in [-0.05, 0) is 18.9 Å². The van der Waals surface area contributed by atoms with Crippen LogP contribution in [0, 0.1) is 11.3 Å². The summed E-state index contributed by atoms with van der Waals surface area (Å²) in [5.74, 6) is 0.114. The number of nitrogens with two attached hydrogens (primary N) is 1. The second-order valence-corrected chi connectivity index (χ2v) is 3.74. The minimum atomic E-state index is -0.0356. The normalized spacial score (nSPS) is 17.2. The minimum absolute atomic E-state index is 0.0356. The first-order valence-corrected chi connectivity index (χ1v) is 5.00. The minimum Gasteiger partial charge on any atom is -0.398 e. The van der Waals surface area contributed by atoms with Crippen LogP contribution in [0.25, 0.3) is 0 Å². The largest absolute Gasteiger partial charge is 0.398 e. The van der Waals surface area contributed by atoms with Crippen LogP contribution in [0.3, 0.4) is 0 Å². The highest BCUT2D eigenvalue weighted by Gasteiger charge is 2.24. The number of nitrogens with zero attached hydrogens (tertiary/aromatic N) is 1. The lowest BCUT2D eigenvalue weighted by Crippen LogP contribution is -2.40. The van der Waals surface area contributed by atoms with Crippen LogP contribution in [-0.2, 0) is 4.79 Å². The van der Waals surface area contributed by atoms with Crippen LogP contribution in [-0.4, -0.2) is 29.6 Å². The molecule has 0 unspecified atom stereocenters. The standard InChI is InChI=1S/C11H17N3O/c1-3-10(15)14-6-4-9(5-7-14)11(13)8(2)12/h3,9,13H,1-2,4-7,12H2. The van der Waals surface area contributed by atoms with E-state index >= 15 is 0 Å². The number of amides is 1. The van der Waals surface area contributed by atoms with Gasteiger partial charge in [0.15, 0.2) is 0 Å². The van der Waals surface area contributed by atoms with E-state index in [1.165, 1.54) is 6.08 Å². The zero-order valence-corrected chi connectivity index (χ0v) is 8.83. The summed E-state index contributed by atoms with van der Waals surface area (Å²) in [7, 11) is 0. The van der Waals surface area contributed by atoms with E-state index < -0.39 is 0 Å². The molecule has 0 aliphatic carbocycles. The van der Waals surface area contributed by atoms with Crippen molar-refractivity contribution >= 4 is 11.6 Å². The van der Waals surface area contributed by atoms with E-state index in [0.717, 1.165) is 12.8 Å². The van der Waals surface area contributed by atoms with Crippen molar-refractivity contribution in [2.24, 2.45) is 11.7 Å². The highest BCUT2D eigenvalue weighted by atomic mass is 16.2. The van der Waals surface area contributed by atoms with E-state index in [1.54, 1.807) is 4.90 Å². The third kappa shape index (κ3) is 2.68. The number of carbonyl (C=O) groups excluding carboxylic acids is 1. The van der Waals surface area contributed by atoms with Crippen LogP contribution < -0.4 is 5.73 Å². The molecule has 0 radical (unpaired) electrons. The van der Waals surface area contributed by atoms with Gasteiger partial charge in [0.05, 0.1) is 5.71 Å². The van der Waals surface area contributed by atoms with Gasteiger partial charge in [-0.15, -0.1) is 0 Å². The molecule has 1 rings (SSSR count). The van der Waals surface area contributed by atoms with E-state index in [2.05, 4.69) is 13.2 Å². The Hall–Kier alpha value is -1.58. The third-order valence-electron chi connectivity index (χ3n) is 2.74. The number of piperidine rings is 1. The molecular weight excluding hydrogens is 190 g/mol. The summed E-state index contributed by atoms with van der Waals surface area (Å²) in [6.07, 6.45) is 2.90. The fraction of sp³-hybridized carbons (Fsp3) is 0.455. The van der Waals surface area contributed by atoms with Crippen molar-refractivity contribution in [1.82, 2.24) is 4.90 Å². The SMILES string of the molecule is C=CC(=O)N1CCC(C(=N)C(=C)N)CC1. The molecule has 0 aromatic rings. The van der Waals surface area contributed by atoms with Crippen molar-refractivity contribution in [3.63, 3.8) is 0 Å². The van der Waals surface area contributed by atoms with Crippen LogP contribution >= 0.6 is 0 Å². The number of hydrogen-bond acceptors (Lipinski definition) is 3. The van der Waals surface area contributed by atoms with E-state index in [9.17, 15) is 4.79 Å². The predicted molar refractivity (Wildman–Crippen MR) is 60.6 cm³/mol. The molecule has 1 saturated heterocycles. The van der Waals surface area contributed by atoms with Crippen molar-refractivity contribution in [2.75, 3.05) is 13.1 Å². The topological polar surface area (TPSA) is 70.2 Å².